The molecule has 128 valence electrons. The third-order valence-corrected chi connectivity index (χ3v) is 5.00. The molecule has 2 aliphatic rings. The number of fused-ring (bicyclic) bond motifs is 1. The van der Waals surface area contributed by atoms with Gasteiger partial charge in [-0.15, -0.1) is 24.0 Å². The normalized spacial score (nSPS) is 25.1. The summed E-state index contributed by atoms with van der Waals surface area (Å²) >= 11 is 0. The lowest BCUT2D eigenvalue weighted by Crippen LogP contribution is -2.47. The Balaban J connectivity index is 0.00000192. The zero-order valence-corrected chi connectivity index (χ0v) is 16.7. The van der Waals surface area contributed by atoms with Crippen LogP contribution in [0.15, 0.2) is 29.3 Å². The van der Waals surface area contributed by atoms with Crippen LogP contribution in [0.2, 0.25) is 0 Å². The Morgan fingerprint density at radius 3 is 2.70 bits per heavy atom. The lowest BCUT2D eigenvalue weighted by molar-refractivity contribution is 0.191. The van der Waals surface area contributed by atoms with Crippen molar-refractivity contribution in [1.29, 1.82) is 0 Å². The Hall–Kier alpha value is -0.820. The number of guanidine groups is 1. The molecule has 0 radical (unpaired) electrons. The summed E-state index contributed by atoms with van der Waals surface area (Å²) in [7, 11) is 1.85. The highest BCUT2D eigenvalue weighted by Gasteiger charge is 2.33. The van der Waals surface area contributed by atoms with Gasteiger partial charge in [0.15, 0.2) is 5.96 Å². The molecule has 1 heterocycles. The predicted molar refractivity (Wildman–Crippen MR) is 107 cm³/mol. The Morgan fingerprint density at radius 1 is 1.35 bits per heavy atom. The summed E-state index contributed by atoms with van der Waals surface area (Å²) in [4.78, 5) is 6.89. The first-order valence-corrected chi connectivity index (χ1v) is 8.45. The highest BCUT2D eigenvalue weighted by atomic mass is 127. The van der Waals surface area contributed by atoms with Crippen LogP contribution in [-0.4, -0.2) is 43.1 Å². The van der Waals surface area contributed by atoms with Crippen LogP contribution >= 0.6 is 24.0 Å². The lowest BCUT2D eigenvalue weighted by atomic mass is 9.99. The van der Waals surface area contributed by atoms with Crippen LogP contribution in [0.5, 0.6) is 0 Å². The van der Waals surface area contributed by atoms with Gasteiger partial charge in [-0.1, -0.05) is 31.2 Å². The maximum absolute atomic E-state index is 4.33. The number of hydrogen-bond acceptors (Lipinski definition) is 2. The second-order valence-corrected chi connectivity index (χ2v) is 6.76. The van der Waals surface area contributed by atoms with Gasteiger partial charge in [0.05, 0.1) is 0 Å². The monoisotopic (exact) mass is 428 g/mol. The average molecular weight is 428 g/mol. The van der Waals surface area contributed by atoms with Gasteiger partial charge >= 0.3 is 0 Å². The lowest BCUT2D eigenvalue weighted by Gasteiger charge is -2.34. The summed E-state index contributed by atoms with van der Waals surface area (Å²) in [5.74, 6) is 1.73. The molecule has 0 bridgehead atoms. The van der Waals surface area contributed by atoms with E-state index in [-0.39, 0.29) is 24.0 Å². The number of halogens is 1. The molecular formula is C18H29IN4. The Kier molecular flexibility index (Phi) is 6.71. The van der Waals surface area contributed by atoms with Gasteiger partial charge in [0.25, 0.3) is 0 Å². The molecule has 3 rings (SSSR count). The molecule has 0 aromatic heterocycles. The number of nitrogens with one attached hydrogen (secondary N) is 2. The standard InChI is InChI=1S/C18H28N4.HI/c1-13-10-17(13)21-18(19-3)20-11-14(2)22-9-8-15-6-4-5-7-16(15)12-22;/h4-7,13-14,17H,8-12H2,1-3H3,(H2,19,20,21);1H. The molecule has 1 aromatic rings. The molecule has 4 nitrogen and oxygen atoms in total. The van der Waals surface area contributed by atoms with Crippen molar-refractivity contribution >= 4 is 29.9 Å². The van der Waals surface area contributed by atoms with E-state index < -0.39 is 0 Å². The van der Waals surface area contributed by atoms with E-state index in [0.29, 0.717) is 12.1 Å². The van der Waals surface area contributed by atoms with Crippen molar-refractivity contribution in [3.05, 3.63) is 35.4 Å². The minimum absolute atomic E-state index is 0. The van der Waals surface area contributed by atoms with E-state index in [4.69, 9.17) is 0 Å². The van der Waals surface area contributed by atoms with Crippen molar-refractivity contribution in [3.63, 3.8) is 0 Å². The van der Waals surface area contributed by atoms with Crippen molar-refractivity contribution in [2.75, 3.05) is 20.1 Å². The topological polar surface area (TPSA) is 39.7 Å². The van der Waals surface area contributed by atoms with Crippen LogP contribution < -0.4 is 10.6 Å². The molecular weight excluding hydrogens is 399 g/mol. The van der Waals surface area contributed by atoms with E-state index in [1.54, 1.807) is 0 Å². The fourth-order valence-corrected chi connectivity index (χ4v) is 3.16. The maximum atomic E-state index is 4.33. The molecule has 2 N–H and O–H groups in total. The van der Waals surface area contributed by atoms with Crippen LogP contribution in [0.25, 0.3) is 0 Å². The van der Waals surface area contributed by atoms with Crippen molar-refractivity contribution in [2.24, 2.45) is 10.9 Å². The first kappa shape index (κ1) is 18.5. The molecule has 0 amide bonds. The van der Waals surface area contributed by atoms with Gasteiger partial charge in [-0.25, -0.2) is 0 Å². The number of nitrogens with zero attached hydrogens (tertiary/aromatic N) is 2. The second kappa shape index (κ2) is 8.33. The molecule has 0 spiro atoms. The van der Waals surface area contributed by atoms with Gasteiger partial charge in [0.1, 0.15) is 0 Å². The van der Waals surface area contributed by atoms with Gasteiger partial charge in [0, 0.05) is 38.8 Å². The van der Waals surface area contributed by atoms with E-state index in [1.807, 2.05) is 7.05 Å². The van der Waals surface area contributed by atoms with Gasteiger partial charge in [-0.2, -0.15) is 0 Å². The third-order valence-electron chi connectivity index (χ3n) is 5.00. The molecule has 1 aliphatic heterocycles. The van der Waals surface area contributed by atoms with Crippen molar-refractivity contribution in [1.82, 2.24) is 15.5 Å². The Bertz CT molecular complexity index is 546. The number of rotatable bonds is 4. The van der Waals surface area contributed by atoms with Crippen LogP contribution in [-0.2, 0) is 13.0 Å². The summed E-state index contributed by atoms with van der Waals surface area (Å²) in [6, 6.07) is 9.93. The summed E-state index contributed by atoms with van der Waals surface area (Å²) in [5, 5.41) is 6.96. The molecule has 1 saturated carbocycles. The predicted octanol–water partition coefficient (Wildman–Crippen LogP) is 2.62. The molecule has 3 unspecified atom stereocenters. The SMILES string of the molecule is CN=C(NCC(C)N1CCc2ccccc2C1)NC1CC1C.I. The summed E-state index contributed by atoms with van der Waals surface area (Å²) in [6.07, 6.45) is 2.42. The Morgan fingerprint density at radius 2 is 2.04 bits per heavy atom. The summed E-state index contributed by atoms with van der Waals surface area (Å²) in [6.45, 7) is 7.71. The highest BCUT2D eigenvalue weighted by Crippen LogP contribution is 2.28. The number of benzene rings is 1. The minimum Gasteiger partial charge on any atom is -0.355 e. The van der Waals surface area contributed by atoms with Gasteiger partial charge in [-0.05, 0) is 36.8 Å². The third kappa shape index (κ3) is 4.83. The van der Waals surface area contributed by atoms with E-state index in [2.05, 4.69) is 58.6 Å². The first-order valence-electron chi connectivity index (χ1n) is 8.45. The van der Waals surface area contributed by atoms with Crippen LogP contribution in [0.4, 0.5) is 0 Å². The smallest absolute Gasteiger partial charge is 0.191 e. The maximum Gasteiger partial charge on any atom is 0.191 e. The second-order valence-electron chi connectivity index (χ2n) is 6.76. The molecule has 23 heavy (non-hydrogen) atoms. The quantitative estimate of drug-likeness (QED) is 0.440. The summed E-state index contributed by atoms with van der Waals surface area (Å²) < 4.78 is 0. The molecule has 1 fully saturated rings. The Labute approximate surface area is 157 Å². The fraction of sp³-hybridized carbons (Fsp3) is 0.611. The van der Waals surface area contributed by atoms with E-state index in [1.165, 1.54) is 17.5 Å². The van der Waals surface area contributed by atoms with Crippen LogP contribution in [0.3, 0.4) is 0 Å². The zero-order chi connectivity index (χ0) is 15.5. The molecule has 1 aromatic carbocycles. The fourth-order valence-electron chi connectivity index (χ4n) is 3.16. The first-order chi connectivity index (χ1) is 10.7. The van der Waals surface area contributed by atoms with Crippen molar-refractivity contribution in [2.45, 2.75) is 45.3 Å². The molecule has 5 heteroatoms. The van der Waals surface area contributed by atoms with Gasteiger partial charge < -0.3 is 10.6 Å². The largest absolute Gasteiger partial charge is 0.355 e. The average Bonchev–Trinajstić information content (AvgIpc) is 3.25. The van der Waals surface area contributed by atoms with E-state index in [0.717, 1.165) is 37.9 Å². The van der Waals surface area contributed by atoms with E-state index in [9.17, 15) is 0 Å². The van der Waals surface area contributed by atoms with Crippen LogP contribution in [0, 0.1) is 5.92 Å². The minimum atomic E-state index is 0. The van der Waals surface area contributed by atoms with E-state index >= 15 is 0 Å². The molecule has 0 saturated heterocycles. The highest BCUT2D eigenvalue weighted by molar-refractivity contribution is 14.0. The van der Waals surface area contributed by atoms with Gasteiger partial charge in [-0.3, -0.25) is 9.89 Å². The van der Waals surface area contributed by atoms with Crippen molar-refractivity contribution < 1.29 is 0 Å². The number of hydrogen-bond donors (Lipinski definition) is 2. The van der Waals surface area contributed by atoms with Crippen molar-refractivity contribution in [3.8, 4) is 0 Å². The number of aliphatic imine (C=N–C) groups is 1. The molecule has 3 atom stereocenters. The molecule has 1 aliphatic carbocycles. The summed E-state index contributed by atoms with van der Waals surface area (Å²) in [5.41, 5.74) is 2.99. The zero-order valence-electron chi connectivity index (χ0n) is 14.4. The van der Waals surface area contributed by atoms with Crippen LogP contribution in [0.1, 0.15) is 31.4 Å². The van der Waals surface area contributed by atoms with Gasteiger partial charge in [0.2, 0.25) is 0 Å².